The molecule has 0 bridgehead atoms. The summed E-state index contributed by atoms with van der Waals surface area (Å²) in [5.74, 6) is 0.326. The molecule has 0 aromatic carbocycles. The molecule has 0 saturated carbocycles. The van der Waals surface area contributed by atoms with Crippen LogP contribution >= 0.6 is 0 Å². The van der Waals surface area contributed by atoms with Gasteiger partial charge in [0.05, 0.1) is 11.8 Å². The number of hydrogen-bond acceptors (Lipinski definition) is 2. The second-order valence-electron chi connectivity index (χ2n) is 4.62. The van der Waals surface area contributed by atoms with Gasteiger partial charge in [-0.3, -0.25) is 9.67 Å². The van der Waals surface area contributed by atoms with Gasteiger partial charge in [0.25, 0.3) is 0 Å². The Balaban J connectivity index is 0.00000180. The van der Waals surface area contributed by atoms with E-state index in [-0.39, 0.29) is 20.1 Å². The van der Waals surface area contributed by atoms with Gasteiger partial charge in [-0.2, -0.15) is 18.3 Å². The van der Waals surface area contributed by atoms with Crippen molar-refractivity contribution in [2.75, 3.05) is 0 Å². The molecule has 1 aromatic heterocycles. The van der Waals surface area contributed by atoms with Gasteiger partial charge in [0.2, 0.25) is 0 Å². The summed E-state index contributed by atoms with van der Waals surface area (Å²) in [7, 11) is 0. The third-order valence-electron chi connectivity index (χ3n) is 2.87. The summed E-state index contributed by atoms with van der Waals surface area (Å²) in [6, 6.07) is 0. The zero-order valence-electron chi connectivity index (χ0n) is 10.7. The molecule has 1 aliphatic rings. The molecule has 3 nitrogen and oxygen atoms in total. The van der Waals surface area contributed by atoms with E-state index in [1.165, 1.54) is 0 Å². The van der Waals surface area contributed by atoms with Crippen LogP contribution in [-0.4, -0.2) is 21.2 Å². The Morgan fingerprint density at radius 1 is 1.37 bits per heavy atom. The monoisotopic (exact) mass is 449 g/mol. The molecule has 0 amide bonds. The van der Waals surface area contributed by atoms with Crippen molar-refractivity contribution in [3.05, 3.63) is 29.6 Å². The minimum Gasteiger partial charge on any atom is -0.424 e. The first-order valence-corrected chi connectivity index (χ1v) is 5.59. The van der Waals surface area contributed by atoms with E-state index in [1.54, 1.807) is 0 Å². The van der Waals surface area contributed by atoms with Gasteiger partial charge in [-0.05, 0) is 19.7 Å². The quantitative estimate of drug-likeness (QED) is 0.608. The van der Waals surface area contributed by atoms with Gasteiger partial charge < -0.3 is 6.08 Å². The number of hydrogen-bond donors (Lipinski definition) is 0. The van der Waals surface area contributed by atoms with Crippen molar-refractivity contribution >= 4 is 5.84 Å². The molecular formula is C12H13F3IrN3-. The number of nitrogens with zero attached hydrogens (tertiary/aromatic N) is 3. The number of halogens is 3. The average Bonchev–Trinajstić information content (AvgIpc) is 2.80. The van der Waals surface area contributed by atoms with Crippen LogP contribution in [0.15, 0.2) is 23.0 Å². The van der Waals surface area contributed by atoms with E-state index in [9.17, 15) is 13.2 Å². The normalized spacial score (nSPS) is 17.8. The van der Waals surface area contributed by atoms with Crippen molar-refractivity contribution in [1.82, 2.24) is 9.78 Å². The average molecular weight is 448 g/mol. The van der Waals surface area contributed by atoms with Gasteiger partial charge in [-0.25, -0.2) is 5.57 Å². The van der Waals surface area contributed by atoms with Gasteiger partial charge in [0.1, 0.15) is 0 Å². The van der Waals surface area contributed by atoms with Gasteiger partial charge in [-0.15, -0.1) is 0 Å². The summed E-state index contributed by atoms with van der Waals surface area (Å²) in [6.07, 6.45) is 1.11. The molecule has 1 aromatic rings. The van der Waals surface area contributed by atoms with Gasteiger partial charge >= 0.3 is 6.18 Å². The van der Waals surface area contributed by atoms with E-state index in [2.05, 4.69) is 16.2 Å². The molecule has 0 unspecified atom stereocenters. The van der Waals surface area contributed by atoms with Crippen LogP contribution in [0.4, 0.5) is 13.2 Å². The van der Waals surface area contributed by atoms with E-state index in [0.717, 1.165) is 29.1 Å². The Hall–Kier alpha value is -0.941. The fourth-order valence-electron chi connectivity index (χ4n) is 1.86. The first-order chi connectivity index (χ1) is 8.24. The van der Waals surface area contributed by atoms with Crippen LogP contribution in [0.2, 0.25) is 0 Å². The number of aromatic nitrogens is 2. The van der Waals surface area contributed by atoms with Gasteiger partial charge in [-0.1, -0.05) is 13.3 Å². The third kappa shape index (κ3) is 3.15. The Morgan fingerprint density at radius 3 is 2.42 bits per heavy atom. The van der Waals surface area contributed by atoms with Crippen LogP contribution in [-0.2, 0) is 26.3 Å². The third-order valence-corrected chi connectivity index (χ3v) is 2.87. The summed E-state index contributed by atoms with van der Waals surface area (Å²) < 4.78 is 38.5. The molecule has 107 valence electrons. The first kappa shape index (κ1) is 16.1. The molecule has 1 aliphatic heterocycles. The molecule has 0 spiro atoms. The van der Waals surface area contributed by atoms with Crippen molar-refractivity contribution in [2.45, 2.75) is 38.9 Å². The number of alkyl halides is 3. The zero-order chi connectivity index (χ0) is 13.6. The standard InChI is InChI=1S/C12H13F3N3.Ir/c1-4-8-5-10(17-11(8,2)3)18-7-9(6-16-18)12(13,14)15;/h6-7H,4H2,1-3H3;/q-1;. The van der Waals surface area contributed by atoms with Crippen molar-refractivity contribution in [3.8, 4) is 0 Å². The molecule has 2 heterocycles. The zero-order valence-corrected chi connectivity index (χ0v) is 13.1. The van der Waals surface area contributed by atoms with Gasteiger partial charge in [0.15, 0.2) is 0 Å². The van der Waals surface area contributed by atoms with Crippen molar-refractivity contribution in [3.63, 3.8) is 0 Å². The smallest absolute Gasteiger partial charge is 0.419 e. The molecule has 7 heteroatoms. The van der Waals surface area contributed by atoms with Crippen molar-refractivity contribution in [1.29, 1.82) is 0 Å². The molecule has 0 N–H and O–H groups in total. The maximum absolute atomic E-state index is 12.5. The molecule has 1 radical (unpaired) electrons. The Bertz CT molecular complexity index is 527. The summed E-state index contributed by atoms with van der Waals surface area (Å²) in [4.78, 5) is 4.34. The molecule has 0 fully saturated rings. The fraction of sp³-hybridized carbons (Fsp3) is 0.500. The molecular weight excluding hydrogens is 435 g/mol. The summed E-state index contributed by atoms with van der Waals surface area (Å²) >= 11 is 0. The van der Waals surface area contributed by atoms with Crippen LogP contribution in [0, 0.1) is 6.08 Å². The largest absolute Gasteiger partial charge is 0.424 e. The van der Waals surface area contributed by atoms with E-state index < -0.39 is 17.3 Å². The van der Waals surface area contributed by atoms with Crippen molar-refractivity contribution < 1.29 is 33.3 Å². The minimum atomic E-state index is -4.38. The van der Waals surface area contributed by atoms with Crippen LogP contribution in [0.25, 0.3) is 0 Å². The number of aliphatic imine (C=N–C) groups is 1. The van der Waals surface area contributed by atoms with Crippen LogP contribution < -0.4 is 0 Å². The predicted molar refractivity (Wildman–Crippen MR) is 61.2 cm³/mol. The van der Waals surface area contributed by atoms with Crippen LogP contribution in [0.1, 0.15) is 32.8 Å². The fourth-order valence-corrected chi connectivity index (χ4v) is 1.86. The topological polar surface area (TPSA) is 30.2 Å². The second kappa shape index (κ2) is 5.21. The summed E-state index contributed by atoms with van der Waals surface area (Å²) in [5, 5.41) is 3.69. The SMILES string of the molecule is CCC1=[C-]C(n2cc(C(F)(F)F)cn2)=NC1(C)C.[Ir]. The molecule has 0 atom stereocenters. The minimum absolute atomic E-state index is 0. The Labute approximate surface area is 122 Å². The second-order valence-corrected chi connectivity index (χ2v) is 4.62. The van der Waals surface area contributed by atoms with Gasteiger partial charge in [0, 0.05) is 31.8 Å². The van der Waals surface area contributed by atoms with Crippen LogP contribution in [0.5, 0.6) is 0 Å². The van der Waals surface area contributed by atoms with E-state index in [1.807, 2.05) is 20.8 Å². The number of rotatable bonds is 1. The maximum atomic E-state index is 12.5. The molecule has 0 aliphatic carbocycles. The number of allylic oxidation sites excluding steroid dienone is 1. The maximum Gasteiger partial charge on any atom is 0.419 e. The summed E-state index contributed by atoms with van der Waals surface area (Å²) in [5.41, 5.74) is -0.245. The van der Waals surface area contributed by atoms with E-state index >= 15 is 0 Å². The molecule has 2 rings (SSSR count). The Morgan fingerprint density at radius 2 is 2.00 bits per heavy atom. The van der Waals surface area contributed by atoms with Crippen molar-refractivity contribution in [2.24, 2.45) is 4.99 Å². The molecule has 0 saturated heterocycles. The predicted octanol–water partition coefficient (Wildman–Crippen LogP) is 3.08. The van der Waals surface area contributed by atoms with Crippen LogP contribution in [0.3, 0.4) is 0 Å². The van der Waals surface area contributed by atoms with E-state index in [4.69, 9.17) is 0 Å². The Kier molecular flexibility index (Phi) is 4.42. The van der Waals surface area contributed by atoms with E-state index in [0.29, 0.717) is 5.84 Å². The first-order valence-electron chi connectivity index (χ1n) is 5.59. The summed E-state index contributed by atoms with van der Waals surface area (Å²) in [6.45, 7) is 5.77. The molecule has 19 heavy (non-hydrogen) atoms.